The van der Waals surface area contributed by atoms with Crippen LogP contribution in [0.15, 0.2) is 23.0 Å². The molecule has 1 aromatic carbocycles. The van der Waals surface area contributed by atoms with Crippen LogP contribution in [0.2, 0.25) is 5.28 Å². The first-order valence-corrected chi connectivity index (χ1v) is 6.58. The Bertz CT molecular complexity index is 677. The molecule has 19 heavy (non-hydrogen) atoms. The molecule has 1 saturated heterocycles. The molecule has 2 aromatic rings. The van der Waals surface area contributed by atoms with Crippen molar-refractivity contribution in [1.29, 1.82) is 0 Å². The maximum absolute atomic E-state index is 12.6. The average Bonchev–Trinajstić information content (AvgIpc) is 2.91. The maximum atomic E-state index is 12.6. The van der Waals surface area contributed by atoms with Crippen LogP contribution in [0.3, 0.4) is 0 Å². The van der Waals surface area contributed by atoms with Crippen molar-refractivity contribution < 1.29 is 4.74 Å². The molecule has 0 amide bonds. The van der Waals surface area contributed by atoms with Crippen LogP contribution < -0.4 is 15.6 Å². The molecule has 0 radical (unpaired) electrons. The fourth-order valence-corrected chi connectivity index (χ4v) is 2.80. The fraction of sp³-hybridized carbons (Fsp3) is 0.385. The number of halogens is 1. The van der Waals surface area contributed by atoms with E-state index in [1.165, 1.54) is 4.57 Å². The molecule has 1 aliphatic heterocycles. The molecule has 0 saturated carbocycles. The highest BCUT2D eigenvalue weighted by Crippen LogP contribution is 2.25. The van der Waals surface area contributed by atoms with Gasteiger partial charge in [0.1, 0.15) is 11.1 Å². The van der Waals surface area contributed by atoms with Gasteiger partial charge in [-0.1, -0.05) is 6.07 Å². The van der Waals surface area contributed by atoms with Crippen LogP contribution in [0.25, 0.3) is 10.9 Å². The molecule has 1 aromatic heterocycles. The summed E-state index contributed by atoms with van der Waals surface area (Å²) in [5, 5.41) is 3.94. The van der Waals surface area contributed by atoms with Gasteiger partial charge in [0.2, 0.25) is 5.28 Å². The second-order valence-corrected chi connectivity index (χ2v) is 4.86. The zero-order valence-electron chi connectivity index (χ0n) is 10.5. The Morgan fingerprint density at radius 2 is 2.37 bits per heavy atom. The van der Waals surface area contributed by atoms with Gasteiger partial charge in [-0.05, 0) is 43.1 Å². The van der Waals surface area contributed by atoms with E-state index in [4.69, 9.17) is 16.3 Å². The highest BCUT2D eigenvalue weighted by atomic mass is 35.5. The zero-order valence-corrected chi connectivity index (χ0v) is 11.3. The Morgan fingerprint density at radius 1 is 1.53 bits per heavy atom. The third-order valence-corrected chi connectivity index (χ3v) is 3.68. The van der Waals surface area contributed by atoms with Crippen molar-refractivity contribution in [3.8, 4) is 5.75 Å². The molecule has 1 atom stereocenters. The third-order valence-electron chi connectivity index (χ3n) is 3.41. The van der Waals surface area contributed by atoms with Crippen molar-refractivity contribution in [1.82, 2.24) is 14.9 Å². The lowest BCUT2D eigenvalue weighted by Crippen LogP contribution is -2.31. The summed E-state index contributed by atoms with van der Waals surface area (Å²) in [6.07, 6.45) is 1.82. The molecular formula is C13H14ClN3O2. The van der Waals surface area contributed by atoms with E-state index >= 15 is 0 Å². The van der Waals surface area contributed by atoms with Crippen LogP contribution >= 0.6 is 11.6 Å². The van der Waals surface area contributed by atoms with Crippen molar-refractivity contribution in [2.75, 3.05) is 13.7 Å². The first-order valence-electron chi connectivity index (χ1n) is 6.20. The van der Waals surface area contributed by atoms with Gasteiger partial charge in [-0.15, -0.1) is 0 Å². The minimum absolute atomic E-state index is 0.0817. The lowest BCUT2D eigenvalue weighted by atomic mass is 10.2. The van der Waals surface area contributed by atoms with Crippen LogP contribution in [0.5, 0.6) is 5.75 Å². The van der Waals surface area contributed by atoms with Crippen molar-refractivity contribution in [2.24, 2.45) is 0 Å². The summed E-state index contributed by atoms with van der Waals surface area (Å²) < 4.78 is 6.76. The monoisotopic (exact) mass is 279 g/mol. The van der Waals surface area contributed by atoms with E-state index in [1.54, 1.807) is 25.3 Å². The Morgan fingerprint density at radius 3 is 3.05 bits per heavy atom. The Balaban J connectivity index is 2.31. The molecule has 2 heterocycles. The summed E-state index contributed by atoms with van der Waals surface area (Å²) >= 11 is 6.16. The van der Waals surface area contributed by atoms with E-state index in [1.807, 2.05) is 0 Å². The topological polar surface area (TPSA) is 56.1 Å². The minimum Gasteiger partial charge on any atom is -0.496 e. The fourth-order valence-electron chi connectivity index (χ4n) is 2.51. The predicted molar refractivity (Wildman–Crippen MR) is 73.8 cm³/mol. The third kappa shape index (κ3) is 1.99. The van der Waals surface area contributed by atoms with E-state index < -0.39 is 0 Å². The van der Waals surface area contributed by atoms with Gasteiger partial charge in [0, 0.05) is 0 Å². The van der Waals surface area contributed by atoms with Crippen LogP contribution in [0.1, 0.15) is 19.0 Å². The summed E-state index contributed by atoms with van der Waals surface area (Å²) in [6.45, 7) is 0.886. The normalized spacial score (nSPS) is 18.9. The molecule has 100 valence electrons. The minimum atomic E-state index is -0.160. The Hall–Kier alpha value is -1.59. The number of benzene rings is 1. The smallest absolute Gasteiger partial charge is 0.267 e. The van der Waals surface area contributed by atoms with Crippen LogP contribution in [0, 0.1) is 0 Å². The van der Waals surface area contributed by atoms with Crippen LogP contribution in [-0.4, -0.2) is 23.2 Å². The molecule has 5 nitrogen and oxygen atoms in total. The molecule has 0 bridgehead atoms. The number of ether oxygens (including phenoxy) is 1. The highest BCUT2D eigenvalue weighted by molar-refractivity contribution is 6.28. The molecule has 1 N–H and O–H groups in total. The molecule has 0 spiro atoms. The first-order chi connectivity index (χ1) is 9.22. The predicted octanol–water partition coefficient (Wildman–Crippen LogP) is 1.94. The van der Waals surface area contributed by atoms with E-state index in [-0.39, 0.29) is 17.0 Å². The first kappa shape index (κ1) is 12.4. The van der Waals surface area contributed by atoms with Crippen molar-refractivity contribution in [3.63, 3.8) is 0 Å². The largest absolute Gasteiger partial charge is 0.496 e. The lowest BCUT2D eigenvalue weighted by Gasteiger charge is -2.16. The number of rotatable bonds is 2. The lowest BCUT2D eigenvalue weighted by molar-refractivity contribution is 0.417. The van der Waals surface area contributed by atoms with Gasteiger partial charge in [-0.3, -0.25) is 14.7 Å². The number of nitrogens with zero attached hydrogens (tertiary/aromatic N) is 2. The van der Waals surface area contributed by atoms with E-state index in [2.05, 4.69) is 10.3 Å². The molecule has 3 rings (SSSR count). The second-order valence-electron chi connectivity index (χ2n) is 4.52. The number of hydrogen-bond donors (Lipinski definition) is 1. The van der Waals surface area contributed by atoms with Crippen LogP contribution in [-0.2, 0) is 0 Å². The standard InChI is InChI=1S/C13H14ClN3O2/c1-19-9-5-2-4-8-11(9)12(18)17(13(14)16-8)10-6-3-7-15-10/h2,4-5,10,15H,3,6-7H2,1H3. The summed E-state index contributed by atoms with van der Waals surface area (Å²) in [4.78, 5) is 16.9. The summed E-state index contributed by atoms with van der Waals surface area (Å²) in [6, 6.07) is 5.31. The maximum Gasteiger partial charge on any atom is 0.267 e. The molecule has 1 unspecified atom stereocenters. The molecular weight excluding hydrogens is 266 g/mol. The van der Waals surface area contributed by atoms with Crippen molar-refractivity contribution in [2.45, 2.75) is 19.0 Å². The Labute approximate surface area is 115 Å². The molecule has 1 fully saturated rings. The summed E-state index contributed by atoms with van der Waals surface area (Å²) in [5.74, 6) is 0.526. The van der Waals surface area contributed by atoms with Crippen molar-refractivity contribution >= 4 is 22.5 Å². The number of fused-ring (bicyclic) bond motifs is 1. The highest BCUT2D eigenvalue weighted by Gasteiger charge is 2.22. The quantitative estimate of drug-likeness (QED) is 0.854. The van der Waals surface area contributed by atoms with E-state index in [9.17, 15) is 4.79 Å². The van der Waals surface area contributed by atoms with Gasteiger partial charge in [0.25, 0.3) is 5.56 Å². The van der Waals surface area contributed by atoms with Gasteiger partial charge >= 0.3 is 0 Å². The van der Waals surface area contributed by atoms with Gasteiger partial charge in [0.05, 0.1) is 18.8 Å². The second kappa shape index (κ2) is 4.83. The van der Waals surface area contributed by atoms with E-state index in [0.29, 0.717) is 16.7 Å². The van der Waals surface area contributed by atoms with Gasteiger partial charge in [-0.2, -0.15) is 0 Å². The molecule has 1 aliphatic rings. The summed E-state index contributed by atoms with van der Waals surface area (Å²) in [5.41, 5.74) is 0.399. The summed E-state index contributed by atoms with van der Waals surface area (Å²) in [7, 11) is 1.54. The van der Waals surface area contributed by atoms with E-state index in [0.717, 1.165) is 19.4 Å². The number of hydrogen-bond acceptors (Lipinski definition) is 4. The molecule has 0 aliphatic carbocycles. The average molecular weight is 280 g/mol. The van der Waals surface area contributed by atoms with Gasteiger partial charge < -0.3 is 4.74 Å². The van der Waals surface area contributed by atoms with Crippen molar-refractivity contribution in [3.05, 3.63) is 33.8 Å². The number of nitrogens with one attached hydrogen (secondary N) is 1. The number of methoxy groups -OCH3 is 1. The van der Waals surface area contributed by atoms with Crippen LogP contribution in [0.4, 0.5) is 0 Å². The zero-order chi connectivity index (χ0) is 13.4. The Kier molecular flexibility index (Phi) is 3.16. The van der Waals surface area contributed by atoms with Gasteiger partial charge in [-0.25, -0.2) is 4.98 Å². The molecule has 6 heteroatoms. The van der Waals surface area contributed by atoms with Gasteiger partial charge in [0.15, 0.2) is 0 Å². The SMILES string of the molecule is COc1cccc2nc(Cl)n(C3CCCN3)c(=O)c12. The number of aromatic nitrogens is 2.